The summed E-state index contributed by atoms with van der Waals surface area (Å²) in [4.78, 5) is 16.8. The first kappa shape index (κ1) is 19.1. The molecule has 2 rings (SSSR count). The molecule has 0 bridgehead atoms. The van der Waals surface area contributed by atoms with Gasteiger partial charge in [0.05, 0.1) is 26.2 Å². The van der Waals surface area contributed by atoms with Gasteiger partial charge < -0.3 is 19.0 Å². The van der Waals surface area contributed by atoms with Crippen molar-refractivity contribution in [2.24, 2.45) is 5.16 Å². The number of nitrogens with zero attached hydrogens (tertiary/aromatic N) is 1. The predicted molar refractivity (Wildman–Crippen MR) is 99.2 cm³/mol. The SMILES string of the molecule is COC=C(C(=O)OC)c1ccccc1Oc1ccc(C(C)=NOC)cc1. The normalized spacial score (nSPS) is 11.7. The molecular weight excluding hydrogens is 334 g/mol. The van der Waals surface area contributed by atoms with Gasteiger partial charge in [-0.3, -0.25) is 0 Å². The first-order valence-corrected chi connectivity index (χ1v) is 7.87. The van der Waals surface area contributed by atoms with E-state index < -0.39 is 5.97 Å². The highest BCUT2D eigenvalue weighted by atomic mass is 16.6. The molecule has 0 N–H and O–H groups in total. The van der Waals surface area contributed by atoms with E-state index in [4.69, 9.17) is 19.0 Å². The van der Waals surface area contributed by atoms with E-state index in [-0.39, 0.29) is 5.57 Å². The molecule has 6 heteroatoms. The Hall–Kier alpha value is -3.28. The molecule has 0 amide bonds. The largest absolute Gasteiger partial charge is 0.503 e. The van der Waals surface area contributed by atoms with E-state index in [1.807, 2.05) is 43.3 Å². The minimum atomic E-state index is -0.510. The van der Waals surface area contributed by atoms with Crippen molar-refractivity contribution in [1.29, 1.82) is 0 Å². The first-order chi connectivity index (χ1) is 12.6. The van der Waals surface area contributed by atoms with Gasteiger partial charge >= 0.3 is 5.97 Å². The second kappa shape index (κ2) is 9.27. The van der Waals surface area contributed by atoms with Gasteiger partial charge in [-0.25, -0.2) is 4.79 Å². The number of carbonyl (C=O) groups is 1. The first-order valence-electron chi connectivity index (χ1n) is 7.87. The molecule has 0 saturated heterocycles. The monoisotopic (exact) mass is 355 g/mol. The molecule has 0 aromatic heterocycles. The highest BCUT2D eigenvalue weighted by molar-refractivity contribution is 6.17. The minimum Gasteiger partial charge on any atom is -0.503 e. The summed E-state index contributed by atoms with van der Waals surface area (Å²) in [5.41, 5.74) is 2.52. The maximum Gasteiger partial charge on any atom is 0.341 e. The third-order valence-electron chi connectivity index (χ3n) is 3.55. The molecule has 0 heterocycles. The molecule has 0 aliphatic heterocycles. The van der Waals surface area contributed by atoms with Crippen molar-refractivity contribution >= 4 is 17.3 Å². The van der Waals surface area contributed by atoms with Gasteiger partial charge in [-0.2, -0.15) is 0 Å². The lowest BCUT2D eigenvalue weighted by Crippen LogP contribution is -2.05. The lowest BCUT2D eigenvalue weighted by molar-refractivity contribution is -0.133. The maximum absolute atomic E-state index is 12.0. The molecule has 0 spiro atoms. The summed E-state index contributed by atoms with van der Waals surface area (Å²) in [6.45, 7) is 1.85. The van der Waals surface area contributed by atoms with Crippen LogP contribution >= 0.6 is 0 Å². The molecule has 0 saturated carbocycles. The quantitative estimate of drug-likeness (QED) is 0.247. The number of rotatable bonds is 7. The molecule has 26 heavy (non-hydrogen) atoms. The molecule has 0 unspecified atom stereocenters. The van der Waals surface area contributed by atoms with Crippen molar-refractivity contribution in [1.82, 2.24) is 0 Å². The fraction of sp³-hybridized carbons (Fsp3) is 0.200. The van der Waals surface area contributed by atoms with Gasteiger partial charge in [-0.1, -0.05) is 23.4 Å². The number of hydrogen-bond donors (Lipinski definition) is 0. The number of benzene rings is 2. The van der Waals surface area contributed by atoms with Gasteiger partial charge in [0.1, 0.15) is 24.2 Å². The number of para-hydroxylation sites is 1. The smallest absolute Gasteiger partial charge is 0.341 e. The Bertz CT molecular complexity index is 809. The zero-order valence-corrected chi connectivity index (χ0v) is 15.2. The van der Waals surface area contributed by atoms with Crippen LogP contribution in [0.25, 0.3) is 5.57 Å². The number of oxime groups is 1. The molecule has 0 aliphatic rings. The second-order valence-electron chi connectivity index (χ2n) is 5.24. The molecule has 6 nitrogen and oxygen atoms in total. The van der Waals surface area contributed by atoms with Crippen LogP contribution in [-0.4, -0.2) is 33.0 Å². The van der Waals surface area contributed by atoms with E-state index >= 15 is 0 Å². The van der Waals surface area contributed by atoms with Crippen molar-refractivity contribution < 1.29 is 23.8 Å². The molecule has 136 valence electrons. The Morgan fingerprint density at radius 3 is 2.31 bits per heavy atom. The van der Waals surface area contributed by atoms with Crippen LogP contribution in [0.1, 0.15) is 18.1 Å². The van der Waals surface area contributed by atoms with Gasteiger partial charge in [0.25, 0.3) is 0 Å². The van der Waals surface area contributed by atoms with Crippen molar-refractivity contribution in [3.63, 3.8) is 0 Å². The Labute approximate surface area is 152 Å². The van der Waals surface area contributed by atoms with Crippen LogP contribution in [0.5, 0.6) is 11.5 Å². The number of carbonyl (C=O) groups excluding carboxylic acids is 1. The molecule has 2 aromatic rings. The maximum atomic E-state index is 12.0. The van der Waals surface area contributed by atoms with Crippen LogP contribution in [0, 0.1) is 0 Å². The van der Waals surface area contributed by atoms with Gasteiger partial charge in [0, 0.05) is 5.56 Å². The Balaban J connectivity index is 2.32. The van der Waals surface area contributed by atoms with Crippen molar-refractivity contribution in [3.8, 4) is 11.5 Å². The summed E-state index contributed by atoms with van der Waals surface area (Å²) in [5, 5.41) is 3.90. The lowest BCUT2D eigenvalue weighted by atomic mass is 10.1. The van der Waals surface area contributed by atoms with E-state index in [0.29, 0.717) is 17.1 Å². The van der Waals surface area contributed by atoms with E-state index in [1.54, 1.807) is 12.1 Å². The molecule has 0 fully saturated rings. The zero-order valence-electron chi connectivity index (χ0n) is 15.2. The van der Waals surface area contributed by atoms with Crippen LogP contribution < -0.4 is 4.74 Å². The van der Waals surface area contributed by atoms with Crippen molar-refractivity contribution in [3.05, 3.63) is 65.9 Å². The fourth-order valence-corrected chi connectivity index (χ4v) is 2.31. The van der Waals surface area contributed by atoms with Crippen molar-refractivity contribution in [2.75, 3.05) is 21.3 Å². The highest BCUT2D eigenvalue weighted by Crippen LogP contribution is 2.31. The fourth-order valence-electron chi connectivity index (χ4n) is 2.31. The number of methoxy groups -OCH3 is 2. The molecule has 0 radical (unpaired) electrons. The number of esters is 1. The third kappa shape index (κ3) is 4.63. The van der Waals surface area contributed by atoms with Crippen LogP contribution in [0.15, 0.2) is 59.9 Å². The van der Waals surface area contributed by atoms with E-state index in [2.05, 4.69) is 5.16 Å². The predicted octanol–water partition coefficient (Wildman–Crippen LogP) is 4.01. The van der Waals surface area contributed by atoms with Gasteiger partial charge in [-0.15, -0.1) is 0 Å². The third-order valence-corrected chi connectivity index (χ3v) is 3.55. The summed E-state index contributed by atoms with van der Waals surface area (Å²) in [6, 6.07) is 14.6. The Morgan fingerprint density at radius 1 is 1.00 bits per heavy atom. The summed E-state index contributed by atoms with van der Waals surface area (Å²) in [7, 11) is 4.29. The highest BCUT2D eigenvalue weighted by Gasteiger charge is 2.18. The average Bonchev–Trinajstić information content (AvgIpc) is 2.67. The van der Waals surface area contributed by atoms with Gasteiger partial charge in [0.15, 0.2) is 0 Å². The number of ether oxygens (including phenoxy) is 3. The summed E-state index contributed by atoms with van der Waals surface area (Å²) in [5.74, 6) is 0.619. The van der Waals surface area contributed by atoms with E-state index in [1.165, 1.54) is 27.6 Å². The van der Waals surface area contributed by atoms with Crippen molar-refractivity contribution in [2.45, 2.75) is 6.92 Å². The summed E-state index contributed by atoms with van der Waals surface area (Å²) in [6.07, 6.45) is 1.34. The van der Waals surface area contributed by atoms with Gasteiger partial charge in [0.2, 0.25) is 0 Å². The van der Waals surface area contributed by atoms with Crippen LogP contribution in [-0.2, 0) is 19.1 Å². The zero-order chi connectivity index (χ0) is 18.9. The molecule has 0 aliphatic carbocycles. The van der Waals surface area contributed by atoms with Crippen LogP contribution in [0.3, 0.4) is 0 Å². The Kier molecular flexibility index (Phi) is 6.79. The molecular formula is C20H21NO5. The van der Waals surface area contributed by atoms with E-state index in [0.717, 1.165) is 11.3 Å². The van der Waals surface area contributed by atoms with E-state index in [9.17, 15) is 4.79 Å². The summed E-state index contributed by atoms with van der Waals surface area (Å²) >= 11 is 0. The minimum absolute atomic E-state index is 0.269. The molecule has 0 atom stereocenters. The second-order valence-corrected chi connectivity index (χ2v) is 5.24. The lowest BCUT2D eigenvalue weighted by Gasteiger charge is -2.13. The van der Waals surface area contributed by atoms with Gasteiger partial charge in [-0.05, 0) is 42.8 Å². The Morgan fingerprint density at radius 2 is 1.69 bits per heavy atom. The molecule has 2 aromatic carbocycles. The van der Waals surface area contributed by atoms with Crippen LogP contribution in [0.2, 0.25) is 0 Å². The number of hydrogen-bond acceptors (Lipinski definition) is 6. The van der Waals surface area contributed by atoms with Crippen LogP contribution in [0.4, 0.5) is 0 Å². The summed E-state index contributed by atoms with van der Waals surface area (Å²) < 4.78 is 15.8. The standard InChI is InChI=1S/C20H21NO5/c1-14(21-25-4)15-9-11-16(12-10-15)26-19-8-6-5-7-17(19)18(13-23-2)20(22)24-3/h5-13H,1-4H3. The topological polar surface area (TPSA) is 66.4 Å². The average molecular weight is 355 g/mol.